The number of carbonyl (C=O) groups excluding carboxylic acids is 2. The van der Waals surface area contributed by atoms with Crippen molar-refractivity contribution in [2.75, 3.05) is 0 Å². The Hall–Kier alpha value is -0.900. The van der Waals surface area contributed by atoms with Crippen molar-refractivity contribution in [3.8, 4) is 0 Å². The summed E-state index contributed by atoms with van der Waals surface area (Å²) in [5.74, 6) is -0.570. The molecular formula is C11H21NO3. The summed E-state index contributed by atoms with van der Waals surface area (Å²) < 4.78 is 0. The van der Waals surface area contributed by atoms with Crippen LogP contribution in [0.5, 0.6) is 0 Å². The van der Waals surface area contributed by atoms with Gasteiger partial charge in [-0.2, -0.15) is 0 Å². The maximum atomic E-state index is 11.7. The summed E-state index contributed by atoms with van der Waals surface area (Å²) in [6.07, 6.45) is 2.39. The molecule has 0 aromatic heterocycles. The number of ketones is 1. The third kappa shape index (κ3) is 5.52. The highest BCUT2D eigenvalue weighted by Gasteiger charge is 2.31. The number of aliphatic hydroxyl groups is 1. The maximum Gasteiger partial charge on any atom is 0.217 e. The van der Waals surface area contributed by atoms with E-state index in [2.05, 4.69) is 5.32 Å². The van der Waals surface area contributed by atoms with Crippen LogP contribution in [0.15, 0.2) is 0 Å². The zero-order chi connectivity index (χ0) is 12.1. The van der Waals surface area contributed by atoms with Gasteiger partial charge in [0, 0.05) is 6.92 Å². The molecule has 4 nitrogen and oxygen atoms in total. The van der Waals surface area contributed by atoms with Gasteiger partial charge in [-0.15, -0.1) is 0 Å². The van der Waals surface area contributed by atoms with Crippen LogP contribution in [-0.2, 0) is 9.59 Å². The van der Waals surface area contributed by atoms with Gasteiger partial charge in [0.15, 0.2) is 5.78 Å². The Morgan fingerprint density at radius 1 is 1.40 bits per heavy atom. The minimum atomic E-state index is -1.39. The third-order valence-corrected chi connectivity index (χ3v) is 2.14. The molecule has 1 amide bonds. The van der Waals surface area contributed by atoms with E-state index in [4.69, 9.17) is 0 Å². The molecule has 88 valence electrons. The van der Waals surface area contributed by atoms with Gasteiger partial charge in [0.25, 0.3) is 0 Å². The fraction of sp³-hybridized carbons (Fsp3) is 0.818. The lowest BCUT2D eigenvalue weighted by Gasteiger charge is -2.23. The fourth-order valence-corrected chi connectivity index (χ4v) is 1.35. The average Bonchev–Trinajstić information content (AvgIpc) is 2.09. The highest BCUT2D eigenvalue weighted by Crippen LogP contribution is 2.11. The van der Waals surface area contributed by atoms with Crippen molar-refractivity contribution in [2.24, 2.45) is 0 Å². The minimum Gasteiger partial charge on any atom is -0.383 e. The number of nitrogens with one attached hydrogen (secondary N) is 1. The smallest absolute Gasteiger partial charge is 0.217 e. The summed E-state index contributed by atoms with van der Waals surface area (Å²) in [4.78, 5) is 22.6. The first-order valence-electron chi connectivity index (χ1n) is 5.32. The summed E-state index contributed by atoms with van der Waals surface area (Å²) in [6.45, 7) is 6.27. The number of carbonyl (C=O) groups is 2. The van der Waals surface area contributed by atoms with Gasteiger partial charge in [-0.05, 0) is 20.3 Å². The van der Waals surface area contributed by atoms with Crippen molar-refractivity contribution in [3.63, 3.8) is 0 Å². The quantitative estimate of drug-likeness (QED) is 0.695. The molecule has 2 N–H and O–H groups in total. The lowest BCUT2D eigenvalue weighted by Crippen LogP contribution is -2.48. The molecule has 0 saturated carbocycles. The van der Waals surface area contributed by atoms with Gasteiger partial charge in [0.2, 0.25) is 5.91 Å². The molecule has 0 saturated heterocycles. The third-order valence-electron chi connectivity index (χ3n) is 2.14. The molecule has 0 radical (unpaired) electrons. The van der Waals surface area contributed by atoms with Crippen LogP contribution >= 0.6 is 0 Å². The second-order valence-electron chi connectivity index (χ2n) is 4.32. The molecule has 1 unspecified atom stereocenters. The number of rotatable bonds is 6. The first-order valence-corrected chi connectivity index (χ1v) is 5.32. The summed E-state index contributed by atoms with van der Waals surface area (Å²) in [7, 11) is 0. The molecule has 0 aliphatic rings. The highest BCUT2D eigenvalue weighted by atomic mass is 16.3. The van der Waals surface area contributed by atoms with Gasteiger partial charge in [-0.3, -0.25) is 9.59 Å². The van der Waals surface area contributed by atoms with Crippen molar-refractivity contribution in [1.82, 2.24) is 5.32 Å². The van der Waals surface area contributed by atoms with Gasteiger partial charge in [-0.1, -0.05) is 19.8 Å². The molecular weight excluding hydrogens is 194 g/mol. The van der Waals surface area contributed by atoms with E-state index in [-0.39, 0.29) is 11.7 Å². The largest absolute Gasteiger partial charge is 0.383 e. The van der Waals surface area contributed by atoms with Crippen molar-refractivity contribution < 1.29 is 14.7 Å². The van der Waals surface area contributed by atoms with E-state index in [1.165, 1.54) is 20.8 Å². The SMILES string of the molecule is CCCCC(NC(C)=O)C(=O)C(C)(C)O. The van der Waals surface area contributed by atoms with Crippen molar-refractivity contribution in [1.29, 1.82) is 0 Å². The second-order valence-corrected chi connectivity index (χ2v) is 4.32. The van der Waals surface area contributed by atoms with Crippen molar-refractivity contribution in [3.05, 3.63) is 0 Å². The topological polar surface area (TPSA) is 66.4 Å². The molecule has 15 heavy (non-hydrogen) atoms. The normalized spacial score (nSPS) is 13.4. The van der Waals surface area contributed by atoms with E-state index in [1.54, 1.807) is 0 Å². The lowest BCUT2D eigenvalue weighted by molar-refractivity contribution is -0.138. The molecule has 0 heterocycles. The summed E-state index contributed by atoms with van der Waals surface area (Å²) in [6, 6.07) is -0.567. The van der Waals surface area contributed by atoms with E-state index in [0.29, 0.717) is 6.42 Å². The Kier molecular flexibility index (Phi) is 5.50. The number of hydrogen-bond donors (Lipinski definition) is 2. The van der Waals surface area contributed by atoms with Gasteiger partial charge in [-0.25, -0.2) is 0 Å². The number of unbranched alkanes of at least 4 members (excludes halogenated alkanes) is 1. The Morgan fingerprint density at radius 3 is 2.27 bits per heavy atom. The molecule has 0 aliphatic heterocycles. The molecule has 4 heteroatoms. The Labute approximate surface area is 91.1 Å². The van der Waals surface area contributed by atoms with Crippen LogP contribution in [0.25, 0.3) is 0 Å². The molecule has 0 aromatic rings. The minimum absolute atomic E-state index is 0.242. The van der Waals surface area contributed by atoms with E-state index < -0.39 is 11.6 Å². The second kappa shape index (κ2) is 5.85. The summed E-state index contributed by atoms with van der Waals surface area (Å²) in [5.41, 5.74) is -1.39. The van der Waals surface area contributed by atoms with Crippen LogP contribution < -0.4 is 5.32 Å². The first kappa shape index (κ1) is 14.1. The number of hydrogen-bond acceptors (Lipinski definition) is 3. The number of Topliss-reactive ketones (excluding diaryl/α,β-unsaturated/α-hetero) is 1. The van der Waals surface area contributed by atoms with E-state index in [0.717, 1.165) is 12.8 Å². The summed E-state index contributed by atoms with van der Waals surface area (Å²) in [5, 5.41) is 12.1. The Bertz CT molecular complexity index is 230. The lowest BCUT2D eigenvalue weighted by atomic mass is 9.94. The van der Waals surface area contributed by atoms with Crippen LogP contribution in [0.4, 0.5) is 0 Å². The zero-order valence-electron chi connectivity index (χ0n) is 9.96. The predicted octanol–water partition coefficient (Wildman–Crippen LogP) is 1.02. The molecule has 0 bridgehead atoms. The van der Waals surface area contributed by atoms with Crippen LogP contribution in [-0.4, -0.2) is 28.4 Å². The standard InChI is InChI=1S/C11H21NO3/c1-5-6-7-9(12-8(2)13)10(14)11(3,4)15/h9,15H,5-7H2,1-4H3,(H,12,13). The Balaban J connectivity index is 4.47. The average molecular weight is 215 g/mol. The maximum absolute atomic E-state index is 11.7. The zero-order valence-corrected chi connectivity index (χ0v) is 9.96. The van der Waals surface area contributed by atoms with Gasteiger partial charge in [0.1, 0.15) is 5.60 Å². The molecule has 1 atom stereocenters. The molecule has 0 spiro atoms. The number of amides is 1. The van der Waals surface area contributed by atoms with E-state index >= 15 is 0 Å². The van der Waals surface area contributed by atoms with Crippen LogP contribution in [0.3, 0.4) is 0 Å². The van der Waals surface area contributed by atoms with E-state index in [1.807, 2.05) is 6.92 Å². The molecule has 0 aromatic carbocycles. The van der Waals surface area contributed by atoms with Gasteiger partial charge < -0.3 is 10.4 Å². The van der Waals surface area contributed by atoms with Gasteiger partial charge >= 0.3 is 0 Å². The molecule has 0 aliphatic carbocycles. The van der Waals surface area contributed by atoms with Crippen molar-refractivity contribution >= 4 is 11.7 Å². The van der Waals surface area contributed by atoms with E-state index in [9.17, 15) is 14.7 Å². The van der Waals surface area contributed by atoms with Crippen LogP contribution in [0, 0.1) is 0 Å². The first-order chi connectivity index (χ1) is 6.79. The molecule has 0 rings (SSSR count). The van der Waals surface area contributed by atoms with Crippen LogP contribution in [0.2, 0.25) is 0 Å². The van der Waals surface area contributed by atoms with Gasteiger partial charge in [0.05, 0.1) is 6.04 Å². The van der Waals surface area contributed by atoms with Crippen molar-refractivity contribution in [2.45, 2.75) is 58.6 Å². The fourth-order valence-electron chi connectivity index (χ4n) is 1.35. The monoisotopic (exact) mass is 215 g/mol. The highest BCUT2D eigenvalue weighted by molar-refractivity contribution is 5.93. The Morgan fingerprint density at radius 2 is 1.93 bits per heavy atom. The predicted molar refractivity (Wildman–Crippen MR) is 58.4 cm³/mol. The van der Waals surface area contributed by atoms with Crippen LogP contribution in [0.1, 0.15) is 47.0 Å². The molecule has 0 fully saturated rings. The summed E-state index contributed by atoms with van der Waals surface area (Å²) >= 11 is 0.